The molecule has 2 aromatic rings. The maximum atomic E-state index is 12.0. The van der Waals surface area contributed by atoms with Gasteiger partial charge in [0.1, 0.15) is 6.54 Å². The average molecular weight is 437 g/mol. The molecule has 2 rings (SSSR count). The van der Waals surface area contributed by atoms with Gasteiger partial charge in [0.05, 0.1) is 6.10 Å². The van der Waals surface area contributed by atoms with E-state index in [4.69, 9.17) is 23.2 Å². The van der Waals surface area contributed by atoms with Crippen LogP contribution in [0.1, 0.15) is 24.2 Å². The Morgan fingerprint density at radius 3 is 2.41 bits per heavy atom. The number of aliphatic hydroxyl groups excluding tert-OH is 1. The van der Waals surface area contributed by atoms with Crippen molar-refractivity contribution in [3.63, 3.8) is 0 Å². The molecule has 0 radical (unpaired) electrons. The standard InChI is InChI=1S/C21H26Cl2N4O2/c1-2-24-21(26-13-19(28)16-10-17(22)12-18(23)11-16)27-14-20(29)25-9-8-15-6-4-3-5-7-15/h3-7,10-12,19,28H,2,8-9,13-14H2,1H3,(H,25,29)(H2,24,26,27). The van der Waals surface area contributed by atoms with Crippen molar-refractivity contribution in [2.45, 2.75) is 19.4 Å². The second kappa shape index (κ2) is 12.3. The molecule has 0 aromatic heterocycles. The molecule has 0 heterocycles. The molecule has 2 aromatic carbocycles. The Hall–Kier alpha value is -2.28. The number of rotatable bonds is 9. The molecule has 1 atom stereocenters. The van der Waals surface area contributed by atoms with Gasteiger partial charge in [0.15, 0.2) is 5.96 Å². The topological polar surface area (TPSA) is 85.8 Å². The Morgan fingerprint density at radius 1 is 1.07 bits per heavy atom. The number of aliphatic hydroxyl groups is 1. The van der Waals surface area contributed by atoms with E-state index in [0.717, 1.165) is 6.42 Å². The van der Waals surface area contributed by atoms with Crippen molar-refractivity contribution in [2.24, 2.45) is 4.99 Å². The minimum absolute atomic E-state index is 0.0107. The fourth-order valence-corrected chi connectivity index (χ4v) is 3.16. The molecule has 4 N–H and O–H groups in total. The van der Waals surface area contributed by atoms with Crippen molar-refractivity contribution in [2.75, 3.05) is 26.2 Å². The Kier molecular flexibility index (Phi) is 9.77. The van der Waals surface area contributed by atoms with Gasteiger partial charge in [-0.2, -0.15) is 0 Å². The number of halogens is 2. The first kappa shape index (κ1) is 23.0. The Morgan fingerprint density at radius 2 is 1.76 bits per heavy atom. The Bertz CT molecular complexity index is 795. The number of amides is 1. The summed E-state index contributed by atoms with van der Waals surface area (Å²) in [6.07, 6.45) is -0.0574. The highest BCUT2D eigenvalue weighted by Gasteiger charge is 2.11. The fraction of sp³-hybridized carbons (Fsp3) is 0.333. The second-order valence-corrected chi connectivity index (χ2v) is 7.25. The number of carbonyl (C=O) groups excluding carboxylic acids is 1. The highest BCUT2D eigenvalue weighted by atomic mass is 35.5. The van der Waals surface area contributed by atoms with Crippen LogP contribution in [0.25, 0.3) is 0 Å². The number of hydrogen-bond acceptors (Lipinski definition) is 3. The number of benzene rings is 2. The first-order valence-corrected chi connectivity index (χ1v) is 10.2. The summed E-state index contributed by atoms with van der Waals surface area (Å²) < 4.78 is 0. The van der Waals surface area contributed by atoms with E-state index in [-0.39, 0.29) is 19.0 Å². The summed E-state index contributed by atoms with van der Waals surface area (Å²) in [4.78, 5) is 16.3. The summed E-state index contributed by atoms with van der Waals surface area (Å²) in [6, 6.07) is 14.9. The lowest BCUT2D eigenvalue weighted by atomic mass is 10.1. The van der Waals surface area contributed by atoms with Crippen molar-refractivity contribution in [3.8, 4) is 0 Å². The monoisotopic (exact) mass is 436 g/mol. The maximum Gasteiger partial charge on any atom is 0.241 e. The summed E-state index contributed by atoms with van der Waals surface area (Å²) in [5.41, 5.74) is 1.77. The van der Waals surface area contributed by atoms with Crippen molar-refractivity contribution in [1.29, 1.82) is 0 Å². The number of hydrogen-bond donors (Lipinski definition) is 4. The first-order valence-electron chi connectivity index (χ1n) is 9.44. The Balaban J connectivity index is 1.81. The molecule has 1 amide bonds. The molecule has 0 fully saturated rings. The molecule has 156 valence electrons. The van der Waals surface area contributed by atoms with E-state index in [9.17, 15) is 9.90 Å². The van der Waals surface area contributed by atoms with Crippen LogP contribution in [-0.4, -0.2) is 43.2 Å². The van der Waals surface area contributed by atoms with Crippen LogP contribution in [0, 0.1) is 0 Å². The number of aliphatic imine (C=N–C) groups is 1. The number of carbonyl (C=O) groups is 1. The van der Waals surface area contributed by atoms with Gasteiger partial charge in [-0.1, -0.05) is 53.5 Å². The average Bonchev–Trinajstić information content (AvgIpc) is 2.70. The van der Waals surface area contributed by atoms with E-state index in [1.807, 2.05) is 37.3 Å². The predicted octanol–water partition coefficient (Wildman–Crippen LogP) is 2.94. The molecule has 0 aliphatic heterocycles. The van der Waals surface area contributed by atoms with Crippen LogP contribution in [0.5, 0.6) is 0 Å². The molecule has 0 spiro atoms. The largest absolute Gasteiger partial charge is 0.387 e. The molecule has 0 bridgehead atoms. The summed E-state index contributed by atoms with van der Waals surface area (Å²) in [5, 5.41) is 20.2. The molecule has 1 unspecified atom stereocenters. The van der Waals surface area contributed by atoms with Gasteiger partial charge in [-0.15, -0.1) is 0 Å². The molecule has 8 heteroatoms. The van der Waals surface area contributed by atoms with Gasteiger partial charge in [-0.05, 0) is 42.7 Å². The second-order valence-electron chi connectivity index (χ2n) is 6.38. The van der Waals surface area contributed by atoms with Crippen LogP contribution in [0.15, 0.2) is 53.5 Å². The third kappa shape index (κ3) is 8.73. The molecular weight excluding hydrogens is 411 g/mol. The summed E-state index contributed by atoms with van der Waals surface area (Å²) in [6.45, 7) is 3.28. The van der Waals surface area contributed by atoms with Crippen LogP contribution in [0.2, 0.25) is 10.0 Å². The Labute approximate surface area is 181 Å². The zero-order valence-corrected chi connectivity index (χ0v) is 17.8. The zero-order chi connectivity index (χ0) is 21.1. The lowest BCUT2D eigenvalue weighted by Crippen LogP contribution is -2.40. The molecule has 0 aliphatic rings. The predicted molar refractivity (Wildman–Crippen MR) is 119 cm³/mol. The molecular formula is C21H26Cl2N4O2. The van der Waals surface area contributed by atoms with Gasteiger partial charge in [0.2, 0.25) is 5.91 Å². The summed E-state index contributed by atoms with van der Waals surface area (Å²) >= 11 is 12.0. The van der Waals surface area contributed by atoms with Gasteiger partial charge in [0.25, 0.3) is 0 Å². The first-order chi connectivity index (χ1) is 14.0. The van der Waals surface area contributed by atoms with E-state index in [2.05, 4.69) is 20.9 Å². The molecule has 29 heavy (non-hydrogen) atoms. The highest BCUT2D eigenvalue weighted by molar-refractivity contribution is 6.34. The van der Waals surface area contributed by atoms with E-state index < -0.39 is 6.10 Å². The summed E-state index contributed by atoms with van der Waals surface area (Å²) in [5.74, 6) is 0.276. The molecule has 6 nitrogen and oxygen atoms in total. The van der Waals surface area contributed by atoms with Crippen molar-refractivity contribution >= 4 is 35.1 Å². The third-order valence-electron chi connectivity index (χ3n) is 4.04. The van der Waals surface area contributed by atoms with Gasteiger partial charge < -0.3 is 21.1 Å². The smallest absolute Gasteiger partial charge is 0.241 e. The maximum absolute atomic E-state index is 12.0. The van der Waals surface area contributed by atoms with E-state index in [1.165, 1.54) is 5.56 Å². The SMILES string of the molecule is CCNC(=NCC(=O)NCCc1ccccc1)NCC(O)c1cc(Cl)cc(Cl)c1. The van der Waals surface area contributed by atoms with Crippen molar-refractivity contribution in [1.82, 2.24) is 16.0 Å². The minimum Gasteiger partial charge on any atom is -0.387 e. The van der Waals surface area contributed by atoms with Crippen LogP contribution in [0.4, 0.5) is 0 Å². The molecule has 0 saturated heterocycles. The minimum atomic E-state index is -0.824. The van der Waals surface area contributed by atoms with E-state index in [0.29, 0.717) is 34.7 Å². The summed E-state index contributed by atoms with van der Waals surface area (Å²) in [7, 11) is 0. The van der Waals surface area contributed by atoms with Crippen LogP contribution in [0.3, 0.4) is 0 Å². The van der Waals surface area contributed by atoms with Gasteiger partial charge in [-0.25, -0.2) is 4.99 Å². The fourth-order valence-electron chi connectivity index (χ4n) is 2.62. The highest BCUT2D eigenvalue weighted by Crippen LogP contribution is 2.23. The van der Waals surface area contributed by atoms with Gasteiger partial charge in [-0.3, -0.25) is 4.79 Å². The number of nitrogens with zero attached hydrogens (tertiary/aromatic N) is 1. The van der Waals surface area contributed by atoms with Crippen LogP contribution >= 0.6 is 23.2 Å². The lowest BCUT2D eigenvalue weighted by Gasteiger charge is -2.16. The van der Waals surface area contributed by atoms with Gasteiger partial charge >= 0.3 is 0 Å². The quantitative estimate of drug-likeness (QED) is 0.359. The van der Waals surface area contributed by atoms with Crippen LogP contribution in [-0.2, 0) is 11.2 Å². The molecule has 0 aliphatic carbocycles. The van der Waals surface area contributed by atoms with Gasteiger partial charge in [0, 0.05) is 29.7 Å². The van der Waals surface area contributed by atoms with Crippen molar-refractivity contribution in [3.05, 3.63) is 69.7 Å². The third-order valence-corrected chi connectivity index (χ3v) is 4.47. The lowest BCUT2D eigenvalue weighted by molar-refractivity contribution is -0.119. The van der Waals surface area contributed by atoms with Crippen molar-refractivity contribution < 1.29 is 9.90 Å². The number of guanidine groups is 1. The molecule has 0 saturated carbocycles. The van der Waals surface area contributed by atoms with E-state index in [1.54, 1.807) is 18.2 Å². The normalized spacial score (nSPS) is 12.3. The zero-order valence-electron chi connectivity index (χ0n) is 16.3. The van der Waals surface area contributed by atoms with Crippen LogP contribution < -0.4 is 16.0 Å². The number of nitrogens with one attached hydrogen (secondary N) is 3. The van der Waals surface area contributed by atoms with E-state index >= 15 is 0 Å².